The Bertz CT molecular complexity index is 274. The van der Waals surface area contributed by atoms with Gasteiger partial charge in [-0.15, -0.1) is 0 Å². The smallest absolute Gasteiger partial charge is 0.308 e. The number of methoxy groups -OCH3 is 1. The molecule has 2 N–H and O–H groups in total. The lowest BCUT2D eigenvalue weighted by atomic mass is 9.86. The van der Waals surface area contributed by atoms with Crippen molar-refractivity contribution in [3.05, 3.63) is 0 Å². The van der Waals surface area contributed by atoms with Gasteiger partial charge < -0.3 is 15.4 Å². The number of esters is 1. The Morgan fingerprint density at radius 1 is 1.50 bits per heavy atom. The van der Waals surface area contributed by atoms with Crippen molar-refractivity contribution in [3.63, 3.8) is 0 Å². The van der Waals surface area contributed by atoms with Crippen LogP contribution in [0, 0.1) is 11.8 Å². The van der Waals surface area contributed by atoms with Gasteiger partial charge in [0.25, 0.3) is 0 Å². The Morgan fingerprint density at radius 2 is 2.06 bits per heavy atom. The van der Waals surface area contributed by atoms with Gasteiger partial charge in [-0.05, 0) is 6.42 Å². The highest BCUT2D eigenvalue weighted by atomic mass is 16.5. The van der Waals surface area contributed by atoms with E-state index in [1.807, 2.05) is 13.8 Å². The summed E-state index contributed by atoms with van der Waals surface area (Å²) in [6.45, 7) is 4.95. The number of hydrogen-bond acceptors (Lipinski definition) is 4. The molecule has 1 amide bonds. The molecule has 5 nitrogen and oxygen atoms in total. The number of amides is 1. The number of rotatable bonds is 4. The molecular weight excluding hydrogens is 208 g/mol. The van der Waals surface area contributed by atoms with Crippen molar-refractivity contribution in [3.8, 4) is 0 Å². The fourth-order valence-corrected chi connectivity index (χ4v) is 1.80. The molecule has 1 aliphatic heterocycles. The lowest BCUT2D eigenvalue weighted by Gasteiger charge is -2.42. The molecule has 0 aliphatic carbocycles. The third-order valence-corrected chi connectivity index (χ3v) is 3.26. The Labute approximate surface area is 95.9 Å². The minimum absolute atomic E-state index is 0.0178. The summed E-state index contributed by atoms with van der Waals surface area (Å²) in [4.78, 5) is 24.6. The van der Waals surface area contributed by atoms with Crippen molar-refractivity contribution in [2.45, 2.75) is 26.3 Å². The summed E-state index contributed by atoms with van der Waals surface area (Å²) in [6, 6.07) is -0.408. The summed E-state index contributed by atoms with van der Waals surface area (Å²) in [5, 5.41) is 0. The van der Waals surface area contributed by atoms with E-state index < -0.39 is 6.04 Å². The van der Waals surface area contributed by atoms with Gasteiger partial charge >= 0.3 is 5.97 Å². The third-order valence-electron chi connectivity index (χ3n) is 3.26. The zero-order valence-corrected chi connectivity index (χ0v) is 10.1. The van der Waals surface area contributed by atoms with E-state index in [-0.39, 0.29) is 23.7 Å². The Morgan fingerprint density at radius 3 is 2.50 bits per heavy atom. The summed E-state index contributed by atoms with van der Waals surface area (Å²) < 4.78 is 4.67. The maximum absolute atomic E-state index is 11.6. The lowest BCUT2D eigenvalue weighted by Crippen LogP contribution is -2.57. The van der Waals surface area contributed by atoms with Gasteiger partial charge in [0.2, 0.25) is 5.91 Å². The van der Waals surface area contributed by atoms with Crippen LogP contribution in [-0.2, 0) is 14.3 Å². The molecule has 1 aliphatic rings. The van der Waals surface area contributed by atoms with Crippen molar-refractivity contribution in [2.24, 2.45) is 17.6 Å². The summed E-state index contributed by atoms with van der Waals surface area (Å²) in [7, 11) is 1.38. The fourth-order valence-electron chi connectivity index (χ4n) is 1.80. The van der Waals surface area contributed by atoms with Crippen LogP contribution in [0.2, 0.25) is 0 Å². The van der Waals surface area contributed by atoms with Crippen LogP contribution < -0.4 is 5.73 Å². The SMILES string of the molecule is CC[C@H](N)C(=O)N1CC(C(C)C(=O)OC)C1. The standard InChI is InChI=1S/C11H20N2O3/c1-4-9(12)10(14)13-5-8(6-13)7(2)11(15)16-3/h7-9H,4-6,12H2,1-3H3/t7?,9-/m0/s1. The van der Waals surface area contributed by atoms with Crippen LogP contribution in [0.25, 0.3) is 0 Å². The van der Waals surface area contributed by atoms with Crippen LogP contribution in [0.5, 0.6) is 0 Å². The van der Waals surface area contributed by atoms with Crippen LogP contribution in [0.4, 0.5) is 0 Å². The number of nitrogens with two attached hydrogens (primary N) is 1. The van der Waals surface area contributed by atoms with Crippen molar-refractivity contribution in [1.29, 1.82) is 0 Å². The van der Waals surface area contributed by atoms with E-state index in [1.165, 1.54) is 7.11 Å². The molecule has 0 saturated carbocycles. The number of nitrogens with zero attached hydrogens (tertiary/aromatic N) is 1. The fraction of sp³-hybridized carbons (Fsp3) is 0.818. The van der Waals surface area contributed by atoms with E-state index in [1.54, 1.807) is 4.90 Å². The molecule has 0 aromatic heterocycles. The van der Waals surface area contributed by atoms with Crippen LogP contribution >= 0.6 is 0 Å². The van der Waals surface area contributed by atoms with Gasteiger partial charge in [0.15, 0.2) is 0 Å². The third kappa shape index (κ3) is 2.52. The molecule has 1 fully saturated rings. The second kappa shape index (κ2) is 5.30. The number of carbonyl (C=O) groups is 2. The summed E-state index contributed by atoms with van der Waals surface area (Å²) in [6.07, 6.45) is 0.645. The first-order chi connectivity index (χ1) is 7.51. The lowest BCUT2D eigenvalue weighted by molar-refractivity contribution is -0.153. The molecule has 1 rings (SSSR count). The minimum Gasteiger partial charge on any atom is -0.469 e. The van der Waals surface area contributed by atoms with E-state index in [2.05, 4.69) is 4.74 Å². The largest absolute Gasteiger partial charge is 0.469 e. The van der Waals surface area contributed by atoms with Crippen LogP contribution in [0.15, 0.2) is 0 Å². The van der Waals surface area contributed by atoms with Crippen LogP contribution in [-0.4, -0.2) is 43.0 Å². The predicted octanol–water partition coefficient (Wildman–Crippen LogP) is -0.00880. The first-order valence-electron chi connectivity index (χ1n) is 5.63. The van der Waals surface area contributed by atoms with Gasteiger partial charge in [0.1, 0.15) is 0 Å². The van der Waals surface area contributed by atoms with Gasteiger partial charge in [-0.2, -0.15) is 0 Å². The van der Waals surface area contributed by atoms with E-state index in [9.17, 15) is 9.59 Å². The molecule has 0 bridgehead atoms. The molecular formula is C11H20N2O3. The second-order valence-electron chi connectivity index (χ2n) is 4.33. The maximum Gasteiger partial charge on any atom is 0.308 e. The molecule has 92 valence electrons. The molecule has 0 aromatic rings. The van der Waals surface area contributed by atoms with Crippen LogP contribution in [0.1, 0.15) is 20.3 Å². The zero-order chi connectivity index (χ0) is 12.3. The maximum atomic E-state index is 11.6. The Balaban J connectivity index is 2.38. The van der Waals surface area contributed by atoms with Crippen LogP contribution in [0.3, 0.4) is 0 Å². The van der Waals surface area contributed by atoms with Gasteiger partial charge in [-0.25, -0.2) is 0 Å². The number of hydrogen-bond donors (Lipinski definition) is 1. The highest BCUT2D eigenvalue weighted by Crippen LogP contribution is 2.25. The van der Waals surface area contributed by atoms with Crippen molar-refractivity contribution in [1.82, 2.24) is 4.90 Å². The molecule has 1 saturated heterocycles. The Kier molecular flexibility index (Phi) is 4.29. The zero-order valence-electron chi connectivity index (χ0n) is 10.1. The van der Waals surface area contributed by atoms with Gasteiger partial charge in [0, 0.05) is 19.0 Å². The van der Waals surface area contributed by atoms with Gasteiger partial charge in [0.05, 0.1) is 19.1 Å². The molecule has 0 aromatic carbocycles. The second-order valence-corrected chi connectivity index (χ2v) is 4.33. The predicted molar refractivity (Wildman–Crippen MR) is 59.5 cm³/mol. The summed E-state index contributed by atoms with van der Waals surface area (Å²) in [5.74, 6) is -0.167. The highest BCUT2D eigenvalue weighted by Gasteiger charge is 2.38. The molecule has 5 heteroatoms. The monoisotopic (exact) mass is 228 g/mol. The van der Waals surface area contributed by atoms with Crippen molar-refractivity contribution >= 4 is 11.9 Å². The molecule has 1 unspecified atom stereocenters. The highest BCUT2D eigenvalue weighted by molar-refractivity contribution is 5.82. The van der Waals surface area contributed by atoms with E-state index in [0.29, 0.717) is 19.5 Å². The van der Waals surface area contributed by atoms with Gasteiger partial charge in [-0.1, -0.05) is 13.8 Å². The minimum atomic E-state index is -0.408. The molecule has 0 radical (unpaired) electrons. The van der Waals surface area contributed by atoms with Gasteiger partial charge in [-0.3, -0.25) is 9.59 Å². The number of ether oxygens (including phenoxy) is 1. The molecule has 16 heavy (non-hydrogen) atoms. The van der Waals surface area contributed by atoms with E-state index in [0.717, 1.165) is 0 Å². The average Bonchev–Trinajstić information content (AvgIpc) is 2.24. The van der Waals surface area contributed by atoms with Crippen molar-refractivity contribution in [2.75, 3.05) is 20.2 Å². The number of likely N-dealkylation sites (tertiary alicyclic amines) is 1. The Hall–Kier alpha value is -1.10. The topological polar surface area (TPSA) is 72.6 Å². The molecule has 0 spiro atoms. The summed E-state index contributed by atoms with van der Waals surface area (Å²) in [5.41, 5.74) is 5.65. The average molecular weight is 228 g/mol. The molecule has 1 heterocycles. The van der Waals surface area contributed by atoms with E-state index in [4.69, 9.17) is 5.73 Å². The summed E-state index contributed by atoms with van der Waals surface area (Å²) >= 11 is 0. The quantitative estimate of drug-likeness (QED) is 0.687. The number of carbonyl (C=O) groups excluding carboxylic acids is 2. The van der Waals surface area contributed by atoms with Crippen molar-refractivity contribution < 1.29 is 14.3 Å². The first-order valence-corrected chi connectivity index (χ1v) is 5.63. The first kappa shape index (κ1) is 13.0. The normalized spacial score (nSPS) is 19.9. The molecule has 2 atom stereocenters. The van der Waals surface area contributed by atoms with E-state index >= 15 is 0 Å².